The van der Waals surface area contributed by atoms with Crippen LogP contribution in [0.5, 0.6) is 0 Å². The van der Waals surface area contributed by atoms with Gasteiger partial charge in [0.25, 0.3) is 5.56 Å². The van der Waals surface area contributed by atoms with Gasteiger partial charge in [-0.25, -0.2) is 4.79 Å². The van der Waals surface area contributed by atoms with Gasteiger partial charge in [-0.05, 0) is 35.1 Å². The third kappa shape index (κ3) is 2.84. The van der Waals surface area contributed by atoms with Gasteiger partial charge < -0.3 is 9.67 Å². The van der Waals surface area contributed by atoms with Crippen molar-refractivity contribution >= 4 is 16.7 Å². The molecule has 1 heterocycles. The van der Waals surface area contributed by atoms with Crippen molar-refractivity contribution in [2.75, 3.05) is 0 Å². The number of pyridine rings is 1. The highest BCUT2D eigenvalue weighted by Crippen LogP contribution is 2.17. The van der Waals surface area contributed by atoms with Crippen molar-refractivity contribution in [1.29, 1.82) is 0 Å². The third-order valence-corrected chi connectivity index (χ3v) is 2.87. The maximum atomic E-state index is 12.3. The van der Waals surface area contributed by atoms with Crippen molar-refractivity contribution in [3.8, 4) is 0 Å². The molecule has 0 bridgehead atoms. The first kappa shape index (κ1) is 13.3. The predicted octanol–water partition coefficient (Wildman–Crippen LogP) is 2.75. The van der Waals surface area contributed by atoms with Gasteiger partial charge in [0.2, 0.25) is 0 Å². The van der Waals surface area contributed by atoms with Crippen molar-refractivity contribution in [3.05, 3.63) is 46.4 Å². The average Bonchev–Trinajstić information content (AvgIpc) is 2.31. The van der Waals surface area contributed by atoms with Crippen molar-refractivity contribution in [1.82, 2.24) is 4.57 Å². The van der Waals surface area contributed by atoms with Gasteiger partial charge in [0, 0.05) is 18.1 Å². The molecule has 0 atom stereocenters. The normalized spacial score (nSPS) is 11.7. The monoisotopic (exact) mass is 259 g/mol. The topological polar surface area (TPSA) is 59.3 Å². The van der Waals surface area contributed by atoms with Gasteiger partial charge in [-0.15, -0.1) is 0 Å². The Morgan fingerprint density at radius 2 is 1.95 bits per heavy atom. The molecule has 0 spiro atoms. The molecule has 0 fully saturated rings. The van der Waals surface area contributed by atoms with Crippen LogP contribution in [0.15, 0.2) is 35.3 Å². The van der Waals surface area contributed by atoms with Crippen LogP contribution in [-0.2, 0) is 6.54 Å². The fraction of sp³-hybridized carbons (Fsp3) is 0.333. The molecule has 0 saturated carbocycles. The second kappa shape index (κ2) is 4.53. The minimum atomic E-state index is -0.985. The van der Waals surface area contributed by atoms with Gasteiger partial charge in [0.15, 0.2) is 0 Å². The summed E-state index contributed by atoms with van der Waals surface area (Å²) < 4.78 is 1.67. The van der Waals surface area contributed by atoms with Crippen molar-refractivity contribution < 1.29 is 9.90 Å². The number of nitrogens with zero attached hydrogens (tertiary/aromatic N) is 1. The highest BCUT2D eigenvalue weighted by molar-refractivity contribution is 5.94. The molecule has 100 valence electrons. The molecule has 0 aliphatic rings. The minimum Gasteiger partial charge on any atom is -0.478 e. The van der Waals surface area contributed by atoms with Crippen LogP contribution in [0.3, 0.4) is 0 Å². The van der Waals surface area contributed by atoms with Crippen molar-refractivity contribution in [2.24, 2.45) is 5.41 Å². The van der Waals surface area contributed by atoms with E-state index in [4.69, 9.17) is 5.11 Å². The van der Waals surface area contributed by atoms with Crippen LogP contribution in [0.4, 0.5) is 0 Å². The lowest BCUT2D eigenvalue weighted by molar-refractivity contribution is 0.0697. The van der Waals surface area contributed by atoms with E-state index >= 15 is 0 Å². The van der Waals surface area contributed by atoms with Gasteiger partial charge in [-0.2, -0.15) is 0 Å². The Morgan fingerprint density at radius 3 is 2.53 bits per heavy atom. The zero-order valence-electron chi connectivity index (χ0n) is 11.3. The molecule has 4 heteroatoms. The van der Waals surface area contributed by atoms with Gasteiger partial charge in [-0.1, -0.05) is 20.8 Å². The summed E-state index contributed by atoms with van der Waals surface area (Å²) in [5, 5.41) is 10.2. The van der Waals surface area contributed by atoms with Crippen molar-refractivity contribution in [3.63, 3.8) is 0 Å². The summed E-state index contributed by atoms with van der Waals surface area (Å²) in [5.41, 5.74) is 0.128. The van der Waals surface area contributed by atoms with E-state index in [1.54, 1.807) is 22.9 Å². The van der Waals surface area contributed by atoms with Crippen LogP contribution in [0.25, 0.3) is 10.8 Å². The lowest BCUT2D eigenvalue weighted by Gasteiger charge is -2.19. The molecule has 4 nitrogen and oxygen atoms in total. The predicted molar refractivity (Wildman–Crippen MR) is 74.6 cm³/mol. The second-order valence-electron chi connectivity index (χ2n) is 5.92. The fourth-order valence-corrected chi connectivity index (χ4v) is 2.06. The van der Waals surface area contributed by atoms with E-state index in [0.717, 1.165) is 0 Å². The summed E-state index contributed by atoms with van der Waals surface area (Å²) in [7, 11) is 0. The number of carbonyl (C=O) groups is 1. The number of aromatic carboxylic acids is 1. The standard InChI is InChI=1S/C15H17NO3/c1-15(2,3)9-16-7-6-10-8-11(14(18)19)4-5-12(10)13(16)17/h4-8H,9H2,1-3H3,(H,18,19). The Kier molecular flexibility index (Phi) is 3.18. The quantitative estimate of drug-likeness (QED) is 0.902. The maximum absolute atomic E-state index is 12.3. The Balaban J connectivity index is 2.57. The summed E-state index contributed by atoms with van der Waals surface area (Å²) in [6, 6.07) is 6.36. The Bertz CT molecular complexity index is 693. The van der Waals surface area contributed by atoms with E-state index in [1.165, 1.54) is 12.1 Å². The largest absolute Gasteiger partial charge is 0.478 e. The van der Waals surface area contributed by atoms with E-state index in [9.17, 15) is 9.59 Å². The summed E-state index contributed by atoms with van der Waals surface area (Å²) in [4.78, 5) is 23.2. The Morgan fingerprint density at radius 1 is 1.26 bits per heavy atom. The SMILES string of the molecule is CC(C)(C)Cn1ccc2cc(C(=O)O)ccc2c1=O. The number of fused-ring (bicyclic) bond motifs is 1. The molecule has 0 saturated heterocycles. The molecule has 0 radical (unpaired) electrons. The van der Waals surface area contributed by atoms with Crippen molar-refractivity contribution in [2.45, 2.75) is 27.3 Å². The first-order valence-electron chi connectivity index (χ1n) is 6.14. The van der Waals surface area contributed by atoms with E-state index in [1.807, 2.05) is 0 Å². The second-order valence-corrected chi connectivity index (χ2v) is 5.92. The maximum Gasteiger partial charge on any atom is 0.335 e. The number of hydrogen-bond donors (Lipinski definition) is 1. The molecule has 0 aliphatic heterocycles. The molecular formula is C15H17NO3. The average molecular weight is 259 g/mol. The van der Waals surface area contributed by atoms with Crippen LogP contribution in [0, 0.1) is 5.41 Å². The van der Waals surface area contributed by atoms with Crippen LogP contribution >= 0.6 is 0 Å². The van der Waals surface area contributed by atoms with E-state index < -0.39 is 5.97 Å². The van der Waals surface area contributed by atoms with E-state index in [2.05, 4.69) is 20.8 Å². The highest BCUT2D eigenvalue weighted by atomic mass is 16.4. The summed E-state index contributed by atoms with van der Waals surface area (Å²) in [6.07, 6.45) is 1.72. The first-order valence-corrected chi connectivity index (χ1v) is 6.14. The number of hydrogen-bond acceptors (Lipinski definition) is 2. The van der Waals surface area contributed by atoms with Gasteiger partial charge in [0.05, 0.1) is 5.56 Å². The lowest BCUT2D eigenvalue weighted by Crippen LogP contribution is -2.26. The molecule has 2 aromatic rings. The first-order chi connectivity index (χ1) is 8.78. The Labute approximate surface area is 111 Å². The minimum absolute atomic E-state index is 0.0124. The van der Waals surface area contributed by atoms with Crippen LogP contribution in [0.1, 0.15) is 31.1 Å². The fourth-order valence-electron chi connectivity index (χ4n) is 2.06. The van der Waals surface area contributed by atoms with Gasteiger partial charge in [-0.3, -0.25) is 4.79 Å². The molecule has 0 unspecified atom stereocenters. The van der Waals surface area contributed by atoms with Crippen LogP contribution in [-0.4, -0.2) is 15.6 Å². The number of benzene rings is 1. The highest BCUT2D eigenvalue weighted by Gasteiger charge is 2.13. The van der Waals surface area contributed by atoms with Crippen LogP contribution in [0.2, 0.25) is 0 Å². The van der Waals surface area contributed by atoms with E-state index in [-0.39, 0.29) is 16.5 Å². The summed E-state index contributed by atoms with van der Waals surface area (Å²) in [6.45, 7) is 6.83. The molecule has 1 N–H and O–H groups in total. The summed E-state index contributed by atoms with van der Waals surface area (Å²) >= 11 is 0. The number of carboxylic acid groups (broad SMARTS) is 1. The third-order valence-electron chi connectivity index (χ3n) is 2.87. The zero-order valence-corrected chi connectivity index (χ0v) is 11.3. The molecule has 19 heavy (non-hydrogen) atoms. The lowest BCUT2D eigenvalue weighted by atomic mass is 9.96. The smallest absolute Gasteiger partial charge is 0.335 e. The number of carboxylic acids is 1. The molecule has 0 aliphatic carbocycles. The molecule has 0 amide bonds. The van der Waals surface area contributed by atoms with Crippen LogP contribution < -0.4 is 5.56 Å². The van der Waals surface area contributed by atoms with Gasteiger partial charge in [0.1, 0.15) is 0 Å². The molecule has 1 aromatic heterocycles. The molecule has 2 rings (SSSR count). The Hall–Kier alpha value is -2.10. The molecular weight excluding hydrogens is 242 g/mol. The van der Waals surface area contributed by atoms with E-state index in [0.29, 0.717) is 17.3 Å². The summed E-state index contributed by atoms with van der Waals surface area (Å²) in [5.74, 6) is -0.985. The number of rotatable bonds is 2. The molecule has 1 aromatic carbocycles. The van der Waals surface area contributed by atoms with Gasteiger partial charge >= 0.3 is 5.97 Å². The number of aromatic nitrogens is 1. The zero-order chi connectivity index (χ0) is 14.2.